The molecule has 0 saturated carbocycles. The molecule has 3 heterocycles. The Morgan fingerprint density at radius 2 is 1.85 bits per heavy atom. The molecule has 8 nitrogen and oxygen atoms in total. The van der Waals surface area contributed by atoms with Gasteiger partial charge in [-0.25, -0.2) is 13.1 Å². The molecule has 1 aromatic heterocycles. The van der Waals surface area contributed by atoms with Gasteiger partial charge in [-0.1, -0.05) is 24.3 Å². The minimum Gasteiger partial charge on any atom is -0.497 e. The lowest BCUT2D eigenvalue weighted by Crippen LogP contribution is -2.51. The fourth-order valence-corrected chi connectivity index (χ4v) is 6.58. The van der Waals surface area contributed by atoms with Crippen molar-refractivity contribution in [1.82, 2.24) is 9.62 Å². The summed E-state index contributed by atoms with van der Waals surface area (Å²) in [5.74, 6) is 0.0185. The van der Waals surface area contributed by atoms with Gasteiger partial charge in [0.15, 0.2) is 0 Å². The van der Waals surface area contributed by atoms with E-state index in [2.05, 4.69) is 10.0 Å². The van der Waals surface area contributed by atoms with Crippen LogP contribution in [0.25, 0.3) is 11.1 Å². The highest BCUT2D eigenvalue weighted by Gasteiger charge is 2.46. The Kier molecular flexibility index (Phi) is 5.43. The van der Waals surface area contributed by atoms with Crippen LogP contribution in [0, 0.1) is 0 Å². The van der Waals surface area contributed by atoms with Crippen LogP contribution in [0.4, 0.5) is 5.69 Å². The van der Waals surface area contributed by atoms with Crippen molar-refractivity contribution < 1.29 is 22.7 Å². The van der Waals surface area contributed by atoms with E-state index in [4.69, 9.17) is 4.74 Å². The topological polar surface area (TPSA) is 105 Å². The second-order valence-electron chi connectivity index (χ2n) is 7.87. The number of carbonyl (C=O) groups is 2. The number of benzene rings is 2. The Morgan fingerprint density at radius 3 is 2.55 bits per heavy atom. The lowest BCUT2D eigenvalue weighted by atomic mass is 10.0. The first-order valence-electron chi connectivity index (χ1n) is 10.3. The van der Waals surface area contributed by atoms with Gasteiger partial charge in [0.1, 0.15) is 16.0 Å². The maximum atomic E-state index is 13.4. The zero-order chi connectivity index (χ0) is 23.2. The first-order valence-corrected chi connectivity index (χ1v) is 12.7. The number of rotatable bonds is 5. The maximum Gasteiger partial charge on any atom is 0.256 e. The van der Waals surface area contributed by atoms with Crippen molar-refractivity contribution in [2.24, 2.45) is 0 Å². The minimum atomic E-state index is -3.78. The van der Waals surface area contributed by atoms with Gasteiger partial charge in [0, 0.05) is 6.54 Å². The minimum absolute atomic E-state index is 0.175. The molecular formula is C23H21N3O5S2. The fourth-order valence-electron chi connectivity index (χ4n) is 4.30. The van der Waals surface area contributed by atoms with Gasteiger partial charge in [-0.2, -0.15) is 0 Å². The molecule has 2 aliphatic rings. The summed E-state index contributed by atoms with van der Waals surface area (Å²) >= 11 is 1.10. The van der Waals surface area contributed by atoms with Crippen LogP contribution in [-0.4, -0.2) is 50.9 Å². The zero-order valence-corrected chi connectivity index (χ0v) is 19.3. The molecule has 2 aromatic carbocycles. The highest BCUT2D eigenvalue weighted by atomic mass is 32.2. The number of anilines is 1. The van der Waals surface area contributed by atoms with Crippen LogP contribution in [0.5, 0.6) is 5.75 Å². The van der Waals surface area contributed by atoms with Crippen LogP contribution in [0.1, 0.15) is 16.8 Å². The molecule has 1 fully saturated rings. The summed E-state index contributed by atoms with van der Waals surface area (Å²) in [7, 11) is -2.18. The molecule has 3 aromatic rings. The van der Waals surface area contributed by atoms with E-state index in [1.54, 1.807) is 30.7 Å². The Hall–Kier alpha value is -3.21. The molecule has 0 aliphatic carbocycles. The smallest absolute Gasteiger partial charge is 0.256 e. The Labute approximate surface area is 195 Å². The van der Waals surface area contributed by atoms with Gasteiger partial charge in [0.2, 0.25) is 15.9 Å². The number of methoxy groups -OCH3 is 1. The first-order chi connectivity index (χ1) is 15.9. The van der Waals surface area contributed by atoms with Crippen molar-refractivity contribution in [2.45, 2.75) is 22.7 Å². The molecule has 1 saturated heterocycles. The molecule has 10 heteroatoms. The zero-order valence-electron chi connectivity index (χ0n) is 17.6. The third kappa shape index (κ3) is 3.90. The quantitative estimate of drug-likeness (QED) is 0.581. The Balaban J connectivity index is 1.44. The maximum absolute atomic E-state index is 13.4. The summed E-state index contributed by atoms with van der Waals surface area (Å²) < 4.78 is 33.4. The van der Waals surface area contributed by atoms with Crippen molar-refractivity contribution in [1.29, 1.82) is 0 Å². The summed E-state index contributed by atoms with van der Waals surface area (Å²) in [4.78, 5) is 27.9. The van der Waals surface area contributed by atoms with Crippen molar-refractivity contribution in [3.63, 3.8) is 0 Å². The van der Waals surface area contributed by atoms with Crippen LogP contribution in [0.3, 0.4) is 0 Å². The standard InChI is InChI=1S/C23H21N3O5S2/c1-31-16-7-4-14(5-8-16)15-6-9-18-17(13-15)23(28)26-11-10-19(21(26)22(27)24-18)25-33(29,30)20-3-2-12-32-20/h2-9,12-13,19,21,25H,10-11H2,1H3,(H,24,27). The van der Waals surface area contributed by atoms with E-state index in [1.807, 2.05) is 30.3 Å². The van der Waals surface area contributed by atoms with Crippen molar-refractivity contribution in [3.8, 4) is 16.9 Å². The molecule has 0 bridgehead atoms. The molecule has 170 valence electrons. The van der Waals surface area contributed by atoms with E-state index >= 15 is 0 Å². The Bertz CT molecular complexity index is 1320. The van der Waals surface area contributed by atoms with Crippen LogP contribution < -0.4 is 14.8 Å². The SMILES string of the molecule is COc1ccc(-c2ccc3c(c2)C(=O)N2CCC(NS(=O)(=O)c4cccs4)C2C(=O)N3)cc1. The van der Waals surface area contributed by atoms with E-state index in [0.717, 1.165) is 28.2 Å². The summed E-state index contributed by atoms with van der Waals surface area (Å²) in [6.07, 6.45) is 0.349. The second kappa shape index (κ2) is 8.29. The van der Waals surface area contributed by atoms with Crippen molar-refractivity contribution in [2.75, 3.05) is 19.0 Å². The number of fused-ring (bicyclic) bond motifs is 2. The largest absolute Gasteiger partial charge is 0.497 e. The molecule has 2 amide bonds. The number of nitrogens with zero attached hydrogens (tertiary/aromatic N) is 1. The van der Waals surface area contributed by atoms with E-state index < -0.39 is 28.0 Å². The third-order valence-corrected chi connectivity index (χ3v) is 8.81. The average molecular weight is 484 g/mol. The van der Waals surface area contributed by atoms with Gasteiger partial charge >= 0.3 is 0 Å². The number of hydrogen-bond donors (Lipinski definition) is 2. The highest BCUT2D eigenvalue weighted by Crippen LogP contribution is 2.33. The number of amides is 2. The molecule has 2 unspecified atom stereocenters. The predicted molar refractivity (Wildman–Crippen MR) is 125 cm³/mol. The average Bonchev–Trinajstić information content (AvgIpc) is 3.48. The van der Waals surface area contributed by atoms with Crippen LogP contribution in [0.2, 0.25) is 0 Å². The highest BCUT2D eigenvalue weighted by molar-refractivity contribution is 7.91. The number of hydrogen-bond acceptors (Lipinski definition) is 6. The molecule has 33 heavy (non-hydrogen) atoms. The number of thiophene rings is 1. The van der Waals surface area contributed by atoms with E-state index in [0.29, 0.717) is 17.7 Å². The normalized spacial score (nSPS) is 20.1. The number of sulfonamides is 1. The predicted octanol–water partition coefficient (Wildman–Crippen LogP) is 2.94. The summed E-state index contributed by atoms with van der Waals surface area (Å²) in [6, 6.07) is 14.3. The lowest BCUT2D eigenvalue weighted by molar-refractivity contribution is -0.120. The number of ether oxygens (including phenoxy) is 1. The monoisotopic (exact) mass is 483 g/mol. The summed E-state index contributed by atoms with van der Waals surface area (Å²) in [5, 5.41) is 4.49. The van der Waals surface area contributed by atoms with Gasteiger partial charge < -0.3 is 15.0 Å². The number of carbonyl (C=O) groups excluding carboxylic acids is 2. The first kappa shape index (κ1) is 21.6. The second-order valence-corrected chi connectivity index (χ2v) is 10.8. The molecule has 2 N–H and O–H groups in total. The summed E-state index contributed by atoms with van der Waals surface area (Å²) in [5.41, 5.74) is 2.52. The van der Waals surface area contributed by atoms with Crippen LogP contribution >= 0.6 is 11.3 Å². The van der Waals surface area contributed by atoms with Gasteiger partial charge in [0.25, 0.3) is 5.91 Å². The Morgan fingerprint density at radius 1 is 1.09 bits per heavy atom. The fraction of sp³-hybridized carbons (Fsp3) is 0.217. The van der Waals surface area contributed by atoms with Gasteiger partial charge in [0.05, 0.1) is 24.4 Å². The van der Waals surface area contributed by atoms with Crippen molar-refractivity contribution >= 4 is 38.9 Å². The van der Waals surface area contributed by atoms with Crippen LogP contribution in [0.15, 0.2) is 64.2 Å². The molecule has 2 aliphatic heterocycles. The summed E-state index contributed by atoms with van der Waals surface area (Å²) in [6.45, 7) is 0.279. The van der Waals surface area contributed by atoms with Crippen LogP contribution in [-0.2, 0) is 14.8 Å². The van der Waals surface area contributed by atoms with Gasteiger partial charge in [-0.15, -0.1) is 11.3 Å². The molecule has 0 spiro atoms. The van der Waals surface area contributed by atoms with E-state index in [-0.39, 0.29) is 16.7 Å². The molecular weight excluding hydrogens is 462 g/mol. The van der Waals surface area contributed by atoms with E-state index in [9.17, 15) is 18.0 Å². The lowest BCUT2D eigenvalue weighted by Gasteiger charge is -2.24. The van der Waals surface area contributed by atoms with Gasteiger partial charge in [-0.05, 0) is 53.3 Å². The number of nitrogens with one attached hydrogen (secondary N) is 2. The third-order valence-electron chi connectivity index (χ3n) is 5.93. The van der Waals surface area contributed by atoms with E-state index in [1.165, 1.54) is 11.0 Å². The van der Waals surface area contributed by atoms with Crippen molar-refractivity contribution in [3.05, 3.63) is 65.5 Å². The van der Waals surface area contributed by atoms with Gasteiger partial charge in [-0.3, -0.25) is 9.59 Å². The molecule has 5 rings (SSSR count). The molecule has 0 radical (unpaired) electrons. The molecule has 2 atom stereocenters.